The second-order valence-electron chi connectivity index (χ2n) is 3.79. The summed E-state index contributed by atoms with van der Waals surface area (Å²) in [6.45, 7) is 2.95. The van der Waals surface area contributed by atoms with E-state index in [2.05, 4.69) is 0 Å². The molecule has 0 aromatic carbocycles. The molecule has 0 atom stereocenters. The molecular weight excluding hydrogens is 194 g/mol. The molecule has 2 aliphatic rings. The highest BCUT2D eigenvalue weighted by Gasteiger charge is 2.33. The van der Waals surface area contributed by atoms with Crippen LogP contribution in [0.3, 0.4) is 0 Å². The van der Waals surface area contributed by atoms with Crippen LogP contribution in [0, 0.1) is 0 Å². The molecule has 0 spiro atoms. The topological polar surface area (TPSA) is 46.6 Å². The van der Waals surface area contributed by atoms with E-state index in [1.54, 1.807) is 11.8 Å². The Balaban J connectivity index is 2.25. The monoisotopic (exact) mass is 209 g/mol. The van der Waals surface area contributed by atoms with E-state index in [1.165, 1.54) is 0 Å². The fourth-order valence-electron chi connectivity index (χ4n) is 2.22. The third-order valence-corrected chi connectivity index (χ3v) is 2.88. The molecule has 0 saturated carbocycles. The van der Waals surface area contributed by atoms with Crippen LogP contribution >= 0.6 is 0 Å². The van der Waals surface area contributed by atoms with Crippen molar-refractivity contribution in [3.05, 3.63) is 11.3 Å². The van der Waals surface area contributed by atoms with E-state index in [-0.39, 0.29) is 11.9 Å². The quantitative estimate of drug-likeness (QED) is 0.642. The van der Waals surface area contributed by atoms with Crippen LogP contribution in [0.2, 0.25) is 0 Å². The molecule has 1 saturated heterocycles. The largest absolute Gasteiger partial charge is 0.463 e. The minimum absolute atomic E-state index is 0.145. The highest BCUT2D eigenvalue weighted by Crippen LogP contribution is 2.32. The molecule has 0 aromatic heterocycles. The summed E-state index contributed by atoms with van der Waals surface area (Å²) in [5.74, 6) is -0.0987. The summed E-state index contributed by atoms with van der Waals surface area (Å²) in [5, 5.41) is 0. The zero-order valence-electron chi connectivity index (χ0n) is 8.91. The molecule has 82 valence electrons. The summed E-state index contributed by atoms with van der Waals surface area (Å²) in [6, 6.07) is 0. The summed E-state index contributed by atoms with van der Waals surface area (Å²) in [4.78, 5) is 24.8. The lowest BCUT2D eigenvalue weighted by atomic mass is 10.0. The number of carbonyl (C=O) groups is 2. The van der Waals surface area contributed by atoms with Gasteiger partial charge in [-0.15, -0.1) is 0 Å². The van der Waals surface area contributed by atoms with Gasteiger partial charge in [-0.1, -0.05) is 0 Å². The van der Waals surface area contributed by atoms with Crippen molar-refractivity contribution in [3.8, 4) is 0 Å². The molecule has 15 heavy (non-hydrogen) atoms. The average Bonchev–Trinajstić information content (AvgIpc) is 2.61. The summed E-state index contributed by atoms with van der Waals surface area (Å²) in [6.07, 6.45) is 2.85. The summed E-state index contributed by atoms with van der Waals surface area (Å²) in [5.41, 5.74) is 1.62. The van der Waals surface area contributed by atoms with Gasteiger partial charge >= 0.3 is 5.97 Å². The number of rotatable bonds is 2. The van der Waals surface area contributed by atoms with Crippen LogP contribution in [0.25, 0.3) is 0 Å². The smallest absolute Gasteiger partial charge is 0.335 e. The van der Waals surface area contributed by atoms with Crippen LogP contribution < -0.4 is 0 Å². The minimum Gasteiger partial charge on any atom is -0.463 e. The zero-order valence-corrected chi connectivity index (χ0v) is 8.91. The number of fused-ring (bicyclic) bond motifs is 1. The van der Waals surface area contributed by atoms with Gasteiger partial charge in [0.15, 0.2) is 0 Å². The maximum absolute atomic E-state index is 11.6. The Bertz CT molecular complexity index is 333. The van der Waals surface area contributed by atoms with Gasteiger partial charge in [-0.2, -0.15) is 0 Å². The number of hydrogen-bond donors (Lipinski definition) is 0. The molecule has 2 rings (SSSR count). The molecule has 1 amide bonds. The standard InChI is InChI=1S/C11H15NO3/c1-2-15-11(14)8-4-3-7-12-9(8)5-6-10(12)13/h2-7H2,1H3. The van der Waals surface area contributed by atoms with E-state index in [0.29, 0.717) is 25.0 Å². The van der Waals surface area contributed by atoms with Crippen molar-refractivity contribution in [2.75, 3.05) is 13.2 Å². The molecule has 0 aromatic rings. The number of allylic oxidation sites excluding steroid dienone is 1. The van der Waals surface area contributed by atoms with E-state index in [4.69, 9.17) is 4.74 Å². The fraction of sp³-hybridized carbons (Fsp3) is 0.636. The van der Waals surface area contributed by atoms with E-state index in [9.17, 15) is 9.59 Å². The molecule has 0 N–H and O–H groups in total. The summed E-state index contributed by atoms with van der Waals surface area (Å²) < 4.78 is 4.99. The van der Waals surface area contributed by atoms with E-state index in [1.807, 2.05) is 0 Å². The first-order valence-corrected chi connectivity index (χ1v) is 5.43. The SMILES string of the molecule is CCOC(=O)C1=C2CCC(=O)N2CCC1. The Morgan fingerprint density at radius 1 is 1.40 bits per heavy atom. The van der Waals surface area contributed by atoms with Crippen molar-refractivity contribution in [1.82, 2.24) is 4.90 Å². The number of amides is 1. The van der Waals surface area contributed by atoms with Gasteiger partial charge in [0.1, 0.15) is 0 Å². The van der Waals surface area contributed by atoms with Gasteiger partial charge in [0.25, 0.3) is 0 Å². The number of hydrogen-bond acceptors (Lipinski definition) is 3. The predicted molar refractivity (Wildman–Crippen MR) is 53.8 cm³/mol. The molecule has 2 heterocycles. The Morgan fingerprint density at radius 2 is 2.20 bits per heavy atom. The van der Waals surface area contributed by atoms with Crippen molar-refractivity contribution < 1.29 is 14.3 Å². The van der Waals surface area contributed by atoms with Gasteiger partial charge in [0, 0.05) is 18.7 Å². The number of nitrogens with zero attached hydrogens (tertiary/aromatic N) is 1. The van der Waals surface area contributed by atoms with Gasteiger partial charge in [-0.05, 0) is 26.2 Å². The maximum atomic E-state index is 11.6. The van der Waals surface area contributed by atoms with Gasteiger partial charge in [-0.3, -0.25) is 4.79 Å². The lowest BCUT2D eigenvalue weighted by Gasteiger charge is -2.25. The fourth-order valence-corrected chi connectivity index (χ4v) is 2.22. The molecule has 2 aliphatic heterocycles. The van der Waals surface area contributed by atoms with Crippen molar-refractivity contribution in [2.24, 2.45) is 0 Å². The molecule has 0 bridgehead atoms. The van der Waals surface area contributed by atoms with Crippen LogP contribution in [0.5, 0.6) is 0 Å². The third kappa shape index (κ3) is 1.76. The van der Waals surface area contributed by atoms with E-state index in [0.717, 1.165) is 25.1 Å². The summed E-state index contributed by atoms with van der Waals surface area (Å²) >= 11 is 0. The van der Waals surface area contributed by atoms with Crippen LogP contribution in [-0.4, -0.2) is 29.9 Å². The Morgan fingerprint density at radius 3 is 2.93 bits per heavy atom. The zero-order chi connectivity index (χ0) is 10.8. The van der Waals surface area contributed by atoms with E-state index >= 15 is 0 Å². The van der Waals surface area contributed by atoms with Gasteiger partial charge in [0.05, 0.1) is 12.2 Å². The summed E-state index contributed by atoms with van der Waals surface area (Å²) in [7, 11) is 0. The number of carbonyl (C=O) groups excluding carboxylic acids is 2. The Kier molecular flexibility index (Phi) is 2.75. The number of ether oxygens (including phenoxy) is 1. The minimum atomic E-state index is -0.244. The molecule has 4 nitrogen and oxygen atoms in total. The second-order valence-corrected chi connectivity index (χ2v) is 3.79. The molecular formula is C11H15NO3. The van der Waals surface area contributed by atoms with Crippen molar-refractivity contribution in [3.63, 3.8) is 0 Å². The first-order chi connectivity index (χ1) is 7.24. The predicted octanol–water partition coefficient (Wildman–Crippen LogP) is 1.22. The van der Waals surface area contributed by atoms with Gasteiger partial charge in [0.2, 0.25) is 5.91 Å². The molecule has 0 aliphatic carbocycles. The molecule has 4 heteroatoms. The lowest BCUT2D eigenvalue weighted by Crippen LogP contribution is -2.30. The van der Waals surface area contributed by atoms with Crippen LogP contribution in [0.4, 0.5) is 0 Å². The second kappa shape index (κ2) is 4.04. The van der Waals surface area contributed by atoms with Crippen LogP contribution in [0.1, 0.15) is 32.6 Å². The van der Waals surface area contributed by atoms with Gasteiger partial charge < -0.3 is 9.64 Å². The molecule has 0 radical (unpaired) electrons. The Hall–Kier alpha value is -1.32. The first-order valence-electron chi connectivity index (χ1n) is 5.43. The maximum Gasteiger partial charge on any atom is 0.335 e. The first kappa shape index (κ1) is 10.2. The van der Waals surface area contributed by atoms with E-state index < -0.39 is 0 Å². The van der Waals surface area contributed by atoms with Crippen molar-refractivity contribution in [1.29, 1.82) is 0 Å². The van der Waals surface area contributed by atoms with Gasteiger partial charge in [-0.25, -0.2) is 4.79 Å². The van der Waals surface area contributed by atoms with Crippen molar-refractivity contribution >= 4 is 11.9 Å². The van der Waals surface area contributed by atoms with Crippen molar-refractivity contribution in [2.45, 2.75) is 32.6 Å². The average molecular weight is 209 g/mol. The number of esters is 1. The van der Waals surface area contributed by atoms with Crippen LogP contribution in [0.15, 0.2) is 11.3 Å². The van der Waals surface area contributed by atoms with Crippen LogP contribution in [-0.2, 0) is 14.3 Å². The highest BCUT2D eigenvalue weighted by molar-refractivity contribution is 5.92. The lowest BCUT2D eigenvalue weighted by molar-refractivity contribution is -0.139. The molecule has 0 unspecified atom stereocenters. The normalized spacial score (nSPS) is 20.6. The highest BCUT2D eigenvalue weighted by atomic mass is 16.5. The third-order valence-electron chi connectivity index (χ3n) is 2.88. The Labute approximate surface area is 88.9 Å². The molecule has 1 fully saturated rings.